The van der Waals surface area contributed by atoms with Gasteiger partial charge in [-0.15, -0.1) is 17.5 Å². The van der Waals surface area contributed by atoms with Crippen molar-refractivity contribution in [2.24, 2.45) is 12.8 Å². The van der Waals surface area contributed by atoms with Crippen molar-refractivity contribution in [2.75, 3.05) is 0 Å². The normalized spacial score (nSPS) is 12.3. The molecule has 1 heterocycles. The molecule has 0 aliphatic heterocycles. The number of halogens is 1. The van der Waals surface area contributed by atoms with Crippen LogP contribution < -0.4 is 5.73 Å². The van der Waals surface area contributed by atoms with Gasteiger partial charge in [0.1, 0.15) is 0 Å². The first-order valence-corrected chi connectivity index (χ1v) is 2.82. The fourth-order valence-electron chi connectivity index (χ4n) is 0.710. The lowest BCUT2D eigenvalue weighted by molar-refractivity contribution is 0.637. The maximum Gasteiger partial charge on any atom is 0.0748 e. The lowest BCUT2D eigenvalue weighted by Gasteiger charge is -2.01. The maximum absolute atomic E-state index is 5.56. The Balaban J connectivity index is 0.000000810. The smallest absolute Gasteiger partial charge is 0.0748 e. The van der Waals surface area contributed by atoms with Crippen LogP contribution in [0.4, 0.5) is 0 Å². The minimum Gasteiger partial charge on any atom is -0.323 e. The highest BCUT2D eigenvalue weighted by atomic mass is 35.5. The highest BCUT2D eigenvalue weighted by Crippen LogP contribution is 2.03. The van der Waals surface area contributed by atoms with Gasteiger partial charge < -0.3 is 5.73 Å². The fourth-order valence-corrected chi connectivity index (χ4v) is 0.710. The second-order valence-electron chi connectivity index (χ2n) is 2.07. The molecule has 0 aromatic carbocycles. The molecule has 0 spiro atoms. The van der Waals surface area contributed by atoms with Crippen molar-refractivity contribution in [3.05, 3.63) is 11.9 Å². The zero-order valence-electron chi connectivity index (χ0n) is 5.98. The SMILES string of the molecule is C[C@H](N)c1cnnn1C.Cl. The van der Waals surface area contributed by atoms with Gasteiger partial charge in [0.15, 0.2) is 0 Å². The lowest BCUT2D eigenvalue weighted by Crippen LogP contribution is -2.10. The van der Waals surface area contributed by atoms with Crippen LogP contribution in [0.2, 0.25) is 0 Å². The molecule has 0 aliphatic rings. The van der Waals surface area contributed by atoms with Crippen LogP contribution in [0.3, 0.4) is 0 Å². The fraction of sp³-hybridized carbons (Fsp3) is 0.600. The lowest BCUT2D eigenvalue weighted by atomic mass is 10.3. The van der Waals surface area contributed by atoms with E-state index in [0.717, 1.165) is 5.69 Å². The van der Waals surface area contributed by atoms with Gasteiger partial charge >= 0.3 is 0 Å². The molecule has 0 unspecified atom stereocenters. The Morgan fingerprint density at radius 3 is 2.50 bits per heavy atom. The summed E-state index contributed by atoms with van der Waals surface area (Å²) in [5.41, 5.74) is 6.51. The minimum atomic E-state index is 0. The number of hydrogen-bond acceptors (Lipinski definition) is 3. The molecule has 0 saturated heterocycles. The first kappa shape index (κ1) is 9.39. The van der Waals surface area contributed by atoms with Crippen LogP contribution >= 0.6 is 12.4 Å². The van der Waals surface area contributed by atoms with E-state index in [0.29, 0.717) is 0 Å². The van der Waals surface area contributed by atoms with Gasteiger partial charge in [-0.05, 0) is 6.92 Å². The van der Waals surface area contributed by atoms with E-state index < -0.39 is 0 Å². The molecule has 1 rings (SSSR count). The molecule has 0 fully saturated rings. The van der Waals surface area contributed by atoms with Crippen molar-refractivity contribution in [2.45, 2.75) is 13.0 Å². The van der Waals surface area contributed by atoms with Crippen molar-refractivity contribution < 1.29 is 0 Å². The van der Waals surface area contributed by atoms with Crippen LogP contribution in [0.15, 0.2) is 6.20 Å². The number of hydrogen-bond donors (Lipinski definition) is 1. The second-order valence-corrected chi connectivity index (χ2v) is 2.07. The average molecular weight is 163 g/mol. The van der Waals surface area contributed by atoms with Gasteiger partial charge in [-0.3, -0.25) is 4.68 Å². The van der Waals surface area contributed by atoms with Crippen molar-refractivity contribution in [3.63, 3.8) is 0 Å². The summed E-state index contributed by atoms with van der Waals surface area (Å²) in [6.07, 6.45) is 1.67. The monoisotopic (exact) mass is 162 g/mol. The van der Waals surface area contributed by atoms with Crippen molar-refractivity contribution >= 4 is 12.4 Å². The molecule has 1 aromatic rings. The molecule has 0 aliphatic carbocycles. The molecule has 1 atom stereocenters. The topological polar surface area (TPSA) is 56.7 Å². The third-order valence-electron chi connectivity index (χ3n) is 1.22. The third-order valence-corrected chi connectivity index (χ3v) is 1.22. The van der Waals surface area contributed by atoms with Gasteiger partial charge in [0, 0.05) is 13.1 Å². The Morgan fingerprint density at radius 1 is 1.70 bits per heavy atom. The van der Waals surface area contributed by atoms with Crippen LogP contribution in [0.25, 0.3) is 0 Å². The van der Waals surface area contributed by atoms with Crippen LogP contribution in [0.1, 0.15) is 18.7 Å². The van der Waals surface area contributed by atoms with Gasteiger partial charge in [0.25, 0.3) is 0 Å². The number of aryl methyl sites for hydroxylation is 1. The summed E-state index contributed by atoms with van der Waals surface area (Å²) in [4.78, 5) is 0. The molecular weight excluding hydrogens is 152 g/mol. The Hall–Kier alpha value is -0.610. The summed E-state index contributed by atoms with van der Waals surface area (Å²) < 4.78 is 1.67. The Bertz CT molecular complexity index is 195. The molecule has 10 heavy (non-hydrogen) atoms. The van der Waals surface area contributed by atoms with E-state index >= 15 is 0 Å². The molecule has 0 amide bonds. The summed E-state index contributed by atoms with van der Waals surface area (Å²) >= 11 is 0. The number of nitrogens with zero attached hydrogens (tertiary/aromatic N) is 3. The highest BCUT2D eigenvalue weighted by Gasteiger charge is 2.02. The van der Waals surface area contributed by atoms with Gasteiger partial charge in [0.2, 0.25) is 0 Å². The van der Waals surface area contributed by atoms with E-state index in [9.17, 15) is 0 Å². The van der Waals surface area contributed by atoms with E-state index in [1.165, 1.54) is 0 Å². The molecule has 1 aromatic heterocycles. The maximum atomic E-state index is 5.56. The Kier molecular flexibility index (Phi) is 3.32. The third kappa shape index (κ3) is 1.68. The van der Waals surface area contributed by atoms with Crippen LogP contribution in [-0.4, -0.2) is 15.0 Å². The molecule has 2 N–H and O–H groups in total. The predicted octanol–water partition coefficient (Wildman–Crippen LogP) is 0.257. The summed E-state index contributed by atoms with van der Waals surface area (Å²) in [7, 11) is 1.83. The standard InChI is InChI=1S/C5H10N4.ClH/c1-4(6)5-3-7-8-9(5)2;/h3-4H,6H2,1-2H3;1H/t4-;/m0./s1. The molecule has 5 heteroatoms. The van der Waals surface area contributed by atoms with E-state index in [4.69, 9.17) is 5.73 Å². The van der Waals surface area contributed by atoms with Gasteiger partial charge in [-0.25, -0.2) is 0 Å². The Morgan fingerprint density at radius 2 is 2.30 bits per heavy atom. The predicted molar refractivity (Wildman–Crippen MR) is 40.9 cm³/mol. The van der Waals surface area contributed by atoms with Gasteiger partial charge in [-0.2, -0.15) is 0 Å². The largest absolute Gasteiger partial charge is 0.323 e. The van der Waals surface area contributed by atoms with Crippen molar-refractivity contribution in [1.29, 1.82) is 0 Å². The summed E-state index contributed by atoms with van der Waals surface area (Å²) in [6, 6.07) is 0.0185. The molecular formula is C5H11ClN4. The van der Waals surface area contributed by atoms with Crippen LogP contribution in [0.5, 0.6) is 0 Å². The van der Waals surface area contributed by atoms with Crippen LogP contribution in [-0.2, 0) is 7.05 Å². The molecule has 4 nitrogen and oxygen atoms in total. The van der Waals surface area contributed by atoms with Crippen molar-refractivity contribution in [1.82, 2.24) is 15.0 Å². The zero-order chi connectivity index (χ0) is 6.85. The first-order chi connectivity index (χ1) is 4.22. The molecule has 0 radical (unpaired) electrons. The van der Waals surface area contributed by atoms with Gasteiger partial charge in [-0.1, -0.05) is 5.21 Å². The van der Waals surface area contributed by atoms with Crippen molar-refractivity contribution in [3.8, 4) is 0 Å². The van der Waals surface area contributed by atoms with E-state index in [1.807, 2.05) is 14.0 Å². The van der Waals surface area contributed by atoms with Crippen LogP contribution in [0, 0.1) is 0 Å². The average Bonchev–Trinajstić information content (AvgIpc) is 2.13. The highest BCUT2D eigenvalue weighted by molar-refractivity contribution is 5.85. The molecule has 0 saturated carbocycles. The number of aromatic nitrogens is 3. The van der Waals surface area contributed by atoms with E-state index in [1.54, 1.807) is 10.9 Å². The van der Waals surface area contributed by atoms with E-state index in [-0.39, 0.29) is 18.4 Å². The van der Waals surface area contributed by atoms with Gasteiger partial charge in [0.05, 0.1) is 11.9 Å². The second kappa shape index (κ2) is 3.53. The summed E-state index contributed by atoms with van der Waals surface area (Å²) in [5.74, 6) is 0. The summed E-state index contributed by atoms with van der Waals surface area (Å²) in [6.45, 7) is 1.90. The molecule has 58 valence electrons. The first-order valence-electron chi connectivity index (χ1n) is 2.82. The quantitative estimate of drug-likeness (QED) is 0.645. The Labute approximate surface area is 65.8 Å². The van der Waals surface area contributed by atoms with E-state index in [2.05, 4.69) is 10.3 Å². The minimum absolute atomic E-state index is 0. The number of nitrogens with two attached hydrogens (primary N) is 1. The number of rotatable bonds is 1. The zero-order valence-corrected chi connectivity index (χ0v) is 6.80. The molecule has 0 bridgehead atoms. The summed E-state index contributed by atoms with van der Waals surface area (Å²) in [5, 5.41) is 7.40.